The van der Waals surface area contributed by atoms with Crippen molar-refractivity contribution >= 4 is 5.96 Å². The summed E-state index contributed by atoms with van der Waals surface area (Å²) >= 11 is 0. The molecular weight excluding hydrogens is 210 g/mol. The summed E-state index contributed by atoms with van der Waals surface area (Å²) in [5, 5.41) is 3.09. The molecule has 0 amide bonds. The maximum Gasteiger partial charge on any atom is 0.188 e. The summed E-state index contributed by atoms with van der Waals surface area (Å²) in [6.45, 7) is 9.18. The zero-order valence-corrected chi connectivity index (χ0v) is 10.7. The first-order valence-electron chi connectivity index (χ1n) is 5.81. The van der Waals surface area contributed by atoms with Crippen molar-refractivity contribution in [2.75, 3.05) is 13.1 Å². The van der Waals surface area contributed by atoms with Crippen molar-refractivity contribution in [1.82, 2.24) is 5.32 Å². The SMILES string of the molecule is C=C(C)CN=C(N)NCCc1ccc(C)cc1. The Kier molecular flexibility index (Phi) is 5.27. The van der Waals surface area contributed by atoms with Crippen LogP contribution in [0, 0.1) is 6.92 Å². The number of rotatable bonds is 5. The van der Waals surface area contributed by atoms with Crippen molar-refractivity contribution < 1.29 is 0 Å². The van der Waals surface area contributed by atoms with Crippen LogP contribution in [0.15, 0.2) is 41.4 Å². The second-order valence-corrected chi connectivity index (χ2v) is 4.32. The number of hydrogen-bond donors (Lipinski definition) is 2. The predicted octanol–water partition coefficient (Wildman–Crippen LogP) is 2.02. The molecule has 0 aliphatic carbocycles. The molecule has 1 aromatic rings. The number of aliphatic imine (C=N–C) groups is 1. The van der Waals surface area contributed by atoms with E-state index in [1.165, 1.54) is 11.1 Å². The molecule has 0 fully saturated rings. The third kappa shape index (κ3) is 5.76. The van der Waals surface area contributed by atoms with Crippen molar-refractivity contribution in [3.05, 3.63) is 47.5 Å². The first-order chi connectivity index (χ1) is 8.08. The van der Waals surface area contributed by atoms with Crippen molar-refractivity contribution in [2.45, 2.75) is 20.3 Å². The first kappa shape index (κ1) is 13.3. The number of aryl methyl sites for hydroxylation is 1. The van der Waals surface area contributed by atoms with Crippen LogP contribution in [0.3, 0.4) is 0 Å². The Bertz CT molecular complexity index is 390. The van der Waals surface area contributed by atoms with Gasteiger partial charge in [-0.1, -0.05) is 42.0 Å². The molecule has 0 heterocycles. The van der Waals surface area contributed by atoms with Crippen molar-refractivity contribution in [2.24, 2.45) is 10.7 Å². The van der Waals surface area contributed by atoms with Gasteiger partial charge in [-0.15, -0.1) is 0 Å². The summed E-state index contributed by atoms with van der Waals surface area (Å²) in [6.07, 6.45) is 0.948. The van der Waals surface area contributed by atoms with Gasteiger partial charge in [-0.2, -0.15) is 0 Å². The van der Waals surface area contributed by atoms with Crippen LogP contribution >= 0.6 is 0 Å². The minimum Gasteiger partial charge on any atom is -0.370 e. The van der Waals surface area contributed by atoms with Gasteiger partial charge >= 0.3 is 0 Å². The lowest BCUT2D eigenvalue weighted by Gasteiger charge is -2.06. The van der Waals surface area contributed by atoms with Crippen LogP contribution in [-0.2, 0) is 6.42 Å². The highest BCUT2D eigenvalue weighted by molar-refractivity contribution is 5.77. The zero-order valence-electron chi connectivity index (χ0n) is 10.7. The zero-order chi connectivity index (χ0) is 12.7. The molecule has 1 aromatic carbocycles. The molecule has 0 atom stereocenters. The molecule has 0 aromatic heterocycles. The number of nitrogens with zero attached hydrogens (tertiary/aromatic N) is 1. The highest BCUT2D eigenvalue weighted by Crippen LogP contribution is 2.02. The van der Waals surface area contributed by atoms with E-state index in [1.54, 1.807) is 0 Å². The molecule has 17 heavy (non-hydrogen) atoms. The number of nitrogens with two attached hydrogens (primary N) is 1. The normalized spacial score (nSPS) is 11.3. The molecule has 3 nitrogen and oxygen atoms in total. The van der Waals surface area contributed by atoms with Crippen LogP contribution in [-0.4, -0.2) is 19.0 Å². The molecule has 3 heteroatoms. The Labute approximate surface area is 103 Å². The number of benzene rings is 1. The van der Waals surface area contributed by atoms with Gasteiger partial charge in [0.1, 0.15) is 0 Å². The first-order valence-corrected chi connectivity index (χ1v) is 5.81. The minimum absolute atomic E-state index is 0.486. The second kappa shape index (κ2) is 6.74. The fourth-order valence-corrected chi connectivity index (χ4v) is 1.37. The van der Waals surface area contributed by atoms with Crippen LogP contribution in [0.4, 0.5) is 0 Å². The van der Waals surface area contributed by atoms with E-state index in [9.17, 15) is 0 Å². The third-order valence-corrected chi connectivity index (χ3v) is 2.36. The summed E-state index contributed by atoms with van der Waals surface area (Å²) in [5.41, 5.74) is 9.30. The van der Waals surface area contributed by atoms with E-state index >= 15 is 0 Å². The topological polar surface area (TPSA) is 50.4 Å². The minimum atomic E-state index is 0.486. The van der Waals surface area contributed by atoms with Gasteiger partial charge in [0.2, 0.25) is 0 Å². The molecule has 3 N–H and O–H groups in total. The van der Waals surface area contributed by atoms with Gasteiger partial charge in [-0.3, -0.25) is 0 Å². The van der Waals surface area contributed by atoms with Crippen molar-refractivity contribution in [3.63, 3.8) is 0 Å². The standard InChI is InChI=1S/C14H21N3/c1-11(2)10-17-14(15)16-9-8-13-6-4-12(3)5-7-13/h4-7H,1,8-10H2,2-3H3,(H3,15,16,17). The highest BCUT2D eigenvalue weighted by atomic mass is 15.1. The van der Waals surface area contributed by atoms with Gasteiger partial charge in [0, 0.05) is 6.54 Å². The Hall–Kier alpha value is -1.77. The largest absolute Gasteiger partial charge is 0.370 e. The van der Waals surface area contributed by atoms with Gasteiger partial charge in [0.15, 0.2) is 5.96 Å². The number of nitrogens with one attached hydrogen (secondary N) is 1. The molecule has 0 saturated carbocycles. The van der Waals surface area contributed by atoms with Gasteiger partial charge in [-0.05, 0) is 25.8 Å². The quantitative estimate of drug-likeness (QED) is 0.463. The van der Waals surface area contributed by atoms with Gasteiger partial charge in [0.05, 0.1) is 6.54 Å². The van der Waals surface area contributed by atoms with E-state index in [0.717, 1.165) is 18.5 Å². The lowest BCUT2D eigenvalue weighted by molar-refractivity contribution is 0.852. The fourth-order valence-electron chi connectivity index (χ4n) is 1.37. The highest BCUT2D eigenvalue weighted by Gasteiger charge is 1.94. The molecule has 0 spiro atoms. The van der Waals surface area contributed by atoms with Crippen LogP contribution in [0.5, 0.6) is 0 Å². The Morgan fingerprint density at radius 3 is 2.59 bits per heavy atom. The molecule has 0 radical (unpaired) electrons. The van der Waals surface area contributed by atoms with Crippen LogP contribution in [0.25, 0.3) is 0 Å². The molecule has 0 saturated heterocycles. The second-order valence-electron chi connectivity index (χ2n) is 4.32. The van der Waals surface area contributed by atoms with E-state index in [4.69, 9.17) is 5.73 Å². The smallest absolute Gasteiger partial charge is 0.188 e. The van der Waals surface area contributed by atoms with E-state index in [0.29, 0.717) is 12.5 Å². The lowest BCUT2D eigenvalue weighted by atomic mass is 10.1. The Balaban J connectivity index is 2.30. The monoisotopic (exact) mass is 231 g/mol. The molecule has 0 bridgehead atoms. The average Bonchev–Trinajstić information content (AvgIpc) is 2.29. The van der Waals surface area contributed by atoms with E-state index < -0.39 is 0 Å². The third-order valence-electron chi connectivity index (χ3n) is 2.36. The average molecular weight is 231 g/mol. The summed E-state index contributed by atoms with van der Waals surface area (Å²) in [5.74, 6) is 0.486. The Morgan fingerprint density at radius 1 is 1.35 bits per heavy atom. The molecule has 0 aliphatic heterocycles. The summed E-state index contributed by atoms with van der Waals surface area (Å²) in [7, 11) is 0. The summed E-state index contributed by atoms with van der Waals surface area (Å²) < 4.78 is 0. The van der Waals surface area contributed by atoms with E-state index in [1.807, 2.05) is 6.92 Å². The summed E-state index contributed by atoms with van der Waals surface area (Å²) in [4.78, 5) is 4.15. The van der Waals surface area contributed by atoms with E-state index in [2.05, 4.69) is 48.1 Å². The predicted molar refractivity (Wildman–Crippen MR) is 74.2 cm³/mol. The van der Waals surface area contributed by atoms with Gasteiger partial charge < -0.3 is 11.1 Å². The van der Waals surface area contributed by atoms with Crippen LogP contribution in [0.2, 0.25) is 0 Å². The maximum absolute atomic E-state index is 5.71. The van der Waals surface area contributed by atoms with Gasteiger partial charge in [-0.25, -0.2) is 4.99 Å². The van der Waals surface area contributed by atoms with Crippen LogP contribution in [0.1, 0.15) is 18.1 Å². The molecule has 0 aliphatic rings. The molecule has 92 valence electrons. The van der Waals surface area contributed by atoms with Crippen molar-refractivity contribution in [3.8, 4) is 0 Å². The molecule has 0 unspecified atom stereocenters. The van der Waals surface area contributed by atoms with Crippen LogP contribution < -0.4 is 11.1 Å². The lowest BCUT2D eigenvalue weighted by Crippen LogP contribution is -2.33. The fraction of sp³-hybridized carbons (Fsp3) is 0.357. The maximum atomic E-state index is 5.71. The number of guanidine groups is 1. The number of hydrogen-bond acceptors (Lipinski definition) is 1. The van der Waals surface area contributed by atoms with Gasteiger partial charge in [0.25, 0.3) is 0 Å². The Morgan fingerprint density at radius 2 is 2.00 bits per heavy atom. The van der Waals surface area contributed by atoms with Crippen molar-refractivity contribution in [1.29, 1.82) is 0 Å². The molecule has 1 rings (SSSR count). The molecular formula is C14H21N3. The van der Waals surface area contributed by atoms with E-state index in [-0.39, 0.29) is 0 Å². The summed E-state index contributed by atoms with van der Waals surface area (Å²) in [6, 6.07) is 8.51.